The summed E-state index contributed by atoms with van der Waals surface area (Å²) < 4.78 is 12.4. The van der Waals surface area contributed by atoms with Gasteiger partial charge in [-0.05, 0) is 58.3 Å². The summed E-state index contributed by atoms with van der Waals surface area (Å²) in [4.78, 5) is 0. The fourth-order valence-electron chi connectivity index (χ4n) is 3.30. The van der Waals surface area contributed by atoms with E-state index in [-0.39, 0.29) is 0 Å². The quantitative estimate of drug-likeness (QED) is 0.851. The molecule has 1 aliphatic carbocycles. The minimum atomic E-state index is -0.411. The molecule has 3 nitrogen and oxygen atoms in total. The third-order valence-electron chi connectivity index (χ3n) is 4.67. The summed E-state index contributed by atoms with van der Waals surface area (Å²) in [5, 5.41) is 10.7. The van der Waals surface area contributed by atoms with Gasteiger partial charge < -0.3 is 14.6 Å². The molecular weight excluding hydrogens is 332 g/mol. The molecule has 1 aromatic carbocycles. The average Bonchev–Trinajstić information content (AvgIpc) is 2.73. The summed E-state index contributed by atoms with van der Waals surface area (Å²) in [6.07, 6.45) is 5.12. The van der Waals surface area contributed by atoms with Crippen molar-refractivity contribution in [2.24, 2.45) is 11.8 Å². The normalized spacial score (nSPS) is 27.0. The first kappa shape index (κ1) is 15.2. The predicted octanol–water partition coefficient (Wildman–Crippen LogP) is 4.47. The molecule has 1 aromatic rings. The highest BCUT2D eigenvalue weighted by Gasteiger charge is 2.27. The number of aliphatic hydroxyl groups is 1. The molecule has 0 saturated heterocycles. The lowest BCUT2D eigenvalue weighted by molar-refractivity contribution is 0.0752. The van der Waals surface area contributed by atoms with Gasteiger partial charge in [0.1, 0.15) is 0 Å². The van der Waals surface area contributed by atoms with Crippen molar-refractivity contribution in [3.8, 4) is 11.5 Å². The number of halogens is 1. The highest BCUT2D eigenvalue weighted by Crippen LogP contribution is 2.43. The molecule has 1 aliphatic heterocycles. The van der Waals surface area contributed by atoms with E-state index in [4.69, 9.17) is 9.47 Å². The first-order chi connectivity index (χ1) is 10.1. The lowest BCUT2D eigenvalue weighted by Crippen LogP contribution is -2.19. The molecule has 4 heteroatoms. The van der Waals surface area contributed by atoms with E-state index < -0.39 is 6.10 Å². The minimum Gasteiger partial charge on any atom is -0.490 e. The van der Waals surface area contributed by atoms with Gasteiger partial charge >= 0.3 is 0 Å². The van der Waals surface area contributed by atoms with Gasteiger partial charge in [-0.2, -0.15) is 0 Å². The minimum absolute atomic E-state index is 0.359. The van der Waals surface area contributed by atoms with Gasteiger partial charge in [0, 0.05) is 6.42 Å². The zero-order valence-corrected chi connectivity index (χ0v) is 14.1. The van der Waals surface area contributed by atoms with Crippen LogP contribution in [0.5, 0.6) is 11.5 Å². The van der Waals surface area contributed by atoms with Crippen LogP contribution in [0.2, 0.25) is 0 Å². The molecule has 0 spiro atoms. The highest BCUT2D eigenvalue weighted by molar-refractivity contribution is 9.10. The number of fused-ring (bicyclic) bond motifs is 1. The van der Waals surface area contributed by atoms with Gasteiger partial charge in [0.15, 0.2) is 11.5 Å². The van der Waals surface area contributed by atoms with Crippen LogP contribution in [0.1, 0.15) is 50.7 Å². The van der Waals surface area contributed by atoms with Gasteiger partial charge in [-0.25, -0.2) is 0 Å². The van der Waals surface area contributed by atoms with E-state index in [1.807, 2.05) is 12.1 Å². The van der Waals surface area contributed by atoms with E-state index in [0.717, 1.165) is 46.7 Å². The Hall–Kier alpha value is -0.740. The summed E-state index contributed by atoms with van der Waals surface area (Å²) in [5.74, 6) is 2.67. The number of hydrogen-bond donors (Lipinski definition) is 1. The number of hydrogen-bond acceptors (Lipinski definition) is 3. The van der Waals surface area contributed by atoms with Gasteiger partial charge in [0.25, 0.3) is 0 Å². The third-order valence-corrected chi connectivity index (χ3v) is 5.26. The molecule has 1 unspecified atom stereocenters. The monoisotopic (exact) mass is 354 g/mol. The predicted molar refractivity (Wildman–Crippen MR) is 85.8 cm³/mol. The molecule has 21 heavy (non-hydrogen) atoms. The van der Waals surface area contributed by atoms with Crippen LogP contribution in [0.4, 0.5) is 0 Å². The molecule has 0 amide bonds. The van der Waals surface area contributed by atoms with Gasteiger partial charge in [-0.15, -0.1) is 0 Å². The van der Waals surface area contributed by atoms with E-state index in [0.29, 0.717) is 19.1 Å². The summed E-state index contributed by atoms with van der Waals surface area (Å²) in [6.45, 7) is 3.64. The van der Waals surface area contributed by atoms with Crippen molar-refractivity contribution < 1.29 is 14.6 Å². The number of aliphatic hydroxyl groups excluding tert-OH is 1. The van der Waals surface area contributed by atoms with Crippen LogP contribution in [-0.4, -0.2) is 18.3 Å². The van der Waals surface area contributed by atoms with Gasteiger partial charge in [-0.3, -0.25) is 0 Å². The second-order valence-electron chi connectivity index (χ2n) is 6.35. The van der Waals surface area contributed by atoms with Crippen molar-refractivity contribution in [3.63, 3.8) is 0 Å². The van der Waals surface area contributed by atoms with Crippen LogP contribution in [-0.2, 0) is 0 Å². The Morgan fingerprint density at radius 1 is 1.14 bits per heavy atom. The fraction of sp³-hybridized carbons (Fsp3) is 0.647. The first-order valence-electron chi connectivity index (χ1n) is 7.92. The van der Waals surface area contributed by atoms with Crippen molar-refractivity contribution in [2.75, 3.05) is 13.2 Å². The third kappa shape index (κ3) is 3.37. The topological polar surface area (TPSA) is 38.7 Å². The molecule has 2 aliphatic rings. The maximum absolute atomic E-state index is 10.7. The molecule has 116 valence electrons. The Labute approximate surface area is 134 Å². The van der Waals surface area contributed by atoms with E-state index in [1.165, 1.54) is 12.8 Å². The molecule has 0 radical (unpaired) electrons. The largest absolute Gasteiger partial charge is 0.490 e. The molecule has 3 rings (SSSR count). The van der Waals surface area contributed by atoms with E-state index >= 15 is 0 Å². The SMILES string of the molecule is CC1CCC(C(O)c2cc(Br)c3c(c2)OCCCO3)CC1. The number of benzene rings is 1. The smallest absolute Gasteiger partial charge is 0.175 e. The second kappa shape index (κ2) is 6.57. The van der Waals surface area contributed by atoms with Crippen molar-refractivity contribution in [2.45, 2.75) is 45.1 Å². The maximum Gasteiger partial charge on any atom is 0.175 e. The van der Waals surface area contributed by atoms with Crippen LogP contribution in [0.15, 0.2) is 16.6 Å². The van der Waals surface area contributed by atoms with E-state index in [9.17, 15) is 5.11 Å². The lowest BCUT2D eigenvalue weighted by Gasteiger charge is -2.30. The summed E-state index contributed by atoms with van der Waals surface area (Å²) in [7, 11) is 0. The first-order valence-corrected chi connectivity index (χ1v) is 8.71. The fourth-order valence-corrected chi connectivity index (χ4v) is 3.87. The molecule has 1 saturated carbocycles. The van der Waals surface area contributed by atoms with E-state index in [2.05, 4.69) is 22.9 Å². The molecule has 0 aromatic heterocycles. The molecule has 1 heterocycles. The molecular formula is C17H23BrO3. The lowest BCUT2D eigenvalue weighted by atomic mass is 9.78. The van der Waals surface area contributed by atoms with Gasteiger partial charge in [-0.1, -0.05) is 19.8 Å². The van der Waals surface area contributed by atoms with Crippen LogP contribution < -0.4 is 9.47 Å². The number of ether oxygens (including phenoxy) is 2. The van der Waals surface area contributed by atoms with Crippen molar-refractivity contribution >= 4 is 15.9 Å². The maximum atomic E-state index is 10.7. The highest BCUT2D eigenvalue weighted by atomic mass is 79.9. The Morgan fingerprint density at radius 2 is 1.86 bits per heavy atom. The van der Waals surface area contributed by atoms with Crippen molar-refractivity contribution in [1.82, 2.24) is 0 Å². The van der Waals surface area contributed by atoms with Crippen LogP contribution >= 0.6 is 15.9 Å². The standard InChI is InChI=1S/C17H23BrO3/c1-11-3-5-12(6-4-11)16(19)13-9-14(18)17-15(10-13)20-7-2-8-21-17/h9-12,16,19H,2-8H2,1H3. The summed E-state index contributed by atoms with van der Waals surface area (Å²) in [5.41, 5.74) is 0.936. The molecule has 1 N–H and O–H groups in total. The summed E-state index contributed by atoms with van der Waals surface area (Å²) >= 11 is 3.55. The Morgan fingerprint density at radius 3 is 2.62 bits per heavy atom. The van der Waals surface area contributed by atoms with Crippen LogP contribution in [0, 0.1) is 11.8 Å². The second-order valence-corrected chi connectivity index (χ2v) is 7.20. The molecule has 0 bridgehead atoms. The van der Waals surface area contributed by atoms with Gasteiger partial charge in [0.05, 0.1) is 23.8 Å². The Balaban J connectivity index is 1.81. The zero-order valence-electron chi connectivity index (χ0n) is 12.5. The Kier molecular flexibility index (Phi) is 4.75. The van der Waals surface area contributed by atoms with Crippen molar-refractivity contribution in [3.05, 3.63) is 22.2 Å². The van der Waals surface area contributed by atoms with Crippen molar-refractivity contribution in [1.29, 1.82) is 0 Å². The average molecular weight is 355 g/mol. The number of rotatable bonds is 2. The summed E-state index contributed by atoms with van der Waals surface area (Å²) in [6, 6.07) is 3.93. The van der Waals surface area contributed by atoms with Crippen LogP contribution in [0.3, 0.4) is 0 Å². The molecule has 1 fully saturated rings. The molecule has 1 atom stereocenters. The van der Waals surface area contributed by atoms with E-state index in [1.54, 1.807) is 0 Å². The Bertz CT molecular complexity index is 495. The van der Waals surface area contributed by atoms with Crippen LogP contribution in [0.25, 0.3) is 0 Å². The zero-order chi connectivity index (χ0) is 14.8. The van der Waals surface area contributed by atoms with Gasteiger partial charge in [0.2, 0.25) is 0 Å².